The fraction of sp³-hybridized carbons (Fsp3) is 0.667. The van der Waals surface area contributed by atoms with Crippen LogP contribution in [0, 0.1) is 29.6 Å². The lowest BCUT2D eigenvalue weighted by Gasteiger charge is -2.49. The zero-order valence-corrected chi connectivity index (χ0v) is 21.8. The van der Waals surface area contributed by atoms with Crippen molar-refractivity contribution in [3.05, 3.63) is 33.9 Å². The van der Waals surface area contributed by atoms with E-state index in [1.165, 1.54) is 0 Å². The number of aliphatic hydroxyl groups excluding tert-OH is 4. The second kappa shape index (κ2) is 9.48. The molecule has 0 aromatic carbocycles. The lowest BCUT2D eigenvalue weighted by atomic mass is 9.57. The molecule has 4 aliphatic carbocycles. The molecule has 0 radical (unpaired) electrons. The number of Topliss-reactive ketones (excluding diaryl/α,β-unsaturated/α-hetero) is 2. The number of nitrogens with zero attached hydrogens (tertiary/aromatic N) is 2. The van der Waals surface area contributed by atoms with Crippen LogP contribution in [0.4, 0.5) is 0 Å². The van der Waals surface area contributed by atoms with Crippen LogP contribution in [0.5, 0.6) is 0 Å². The molecule has 208 valence electrons. The van der Waals surface area contributed by atoms with E-state index in [1.54, 1.807) is 0 Å². The number of carbonyl (C=O) groups excluding carboxylic acids is 3. The second-order valence-corrected chi connectivity index (χ2v) is 11.8. The van der Waals surface area contributed by atoms with Crippen LogP contribution < -0.4 is 5.73 Å². The molecular weight excluding hydrogens is 494 g/mol. The van der Waals surface area contributed by atoms with E-state index in [0.29, 0.717) is 31.5 Å². The van der Waals surface area contributed by atoms with Crippen molar-refractivity contribution in [1.82, 2.24) is 9.80 Å². The molecule has 0 aromatic rings. The number of nitrogens with two attached hydrogens (primary N) is 1. The molecule has 0 spiro atoms. The first-order chi connectivity index (χ1) is 17.9. The van der Waals surface area contributed by atoms with Gasteiger partial charge in [-0.2, -0.15) is 0 Å². The third-order valence-electron chi connectivity index (χ3n) is 9.36. The number of carbonyl (C=O) groups is 3. The van der Waals surface area contributed by atoms with Crippen LogP contribution in [0.15, 0.2) is 33.9 Å². The van der Waals surface area contributed by atoms with Gasteiger partial charge in [-0.15, -0.1) is 0 Å². The molecule has 1 amide bonds. The van der Waals surface area contributed by atoms with Gasteiger partial charge >= 0.3 is 0 Å². The maximum atomic E-state index is 13.8. The summed E-state index contributed by atoms with van der Waals surface area (Å²) in [5, 5.41) is 54.2. The predicted octanol–water partition coefficient (Wildman–Crippen LogP) is -0.464. The Labute approximate surface area is 220 Å². The average molecular weight is 532 g/mol. The Balaban J connectivity index is 1.58. The Hall–Kier alpha value is -2.73. The van der Waals surface area contributed by atoms with E-state index < -0.39 is 58.6 Å². The van der Waals surface area contributed by atoms with Crippen LogP contribution >= 0.6 is 0 Å². The van der Waals surface area contributed by atoms with Crippen molar-refractivity contribution in [2.45, 2.75) is 43.8 Å². The monoisotopic (exact) mass is 531 g/mol. The Morgan fingerprint density at radius 3 is 2.50 bits per heavy atom. The summed E-state index contributed by atoms with van der Waals surface area (Å²) < 4.78 is 0. The zero-order chi connectivity index (χ0) is 27.7. The fourth-order valence-corrected chi connectivity index (χ4v) is 7.40. The van der Waals surface area contributed by atoms with Crippen molar-refractivity contribution in [2.75, 3.05) is 40.3 Å². The minimum atomic E-state index is -2.49. The van der Waals surface area contributed by atoms with Crippen LogP contribution in [-0.4, -0.2) is 105 Å². The van der Waals surface area contributed by atoms with Crippen molar-refractivity contribution in [3.8, 4) is 0 Å². The van der Waals surface area contributed by atoms with E-state index in [4.69, 9.17) is 5.73 Å². The molecule has 0 bridgehead atoms. The first kappa shape index (κ1) is 26.9. The van der Waals surface area contributed by atoms with Gasteiger partial charge in [0.25, 0.3) is 0 Å². The number of fused-ring (bicyclic) bond motifs is 3. The SMILES string of the molecule is CN(C)C1=C2C[C@H]3C[C@H]4CC(O)C(C(N)=O)C(=O)[C@@]4(O)C(O)=C3C(O)=C2C(=O)C(CN2CCC(CO)C2)C1. The zero-order valence-electron chi connectivity index (χ0n) is 21.8. The molecule has 11 nitrogen and oxygen atoms in total. The van der Waals surface area contributed by atoms with Crippen molar-refractivity contribution in [2.24, 2.45) is 35.3 Å². The molecule has 38 heavy (non-hydrogen) atoms. The molecule has 4 unspecified atom stereocenters. The summed E-state index contributed by atoms with van der Waals surface area (Å²) in [5.41, 5.74) is 4.47. The maximum Gasteiger partial charge on any atom is 0.230 e. The third-order valence-corrected chi connectivity index (χ3v) is 9.36. The van der Waals surface area contributed by atoms with Gasteiger partial charge < -0.3 is 41.1 Å². The Kier molecular flexibility index (Phi) is 6.70. The van der Waals surface area contributed by atoms with E-state index in [-0.39, 0.29) is 42.3 Å². The number of aliphatic hydroxyl groups is 5. The van der Waals surface area contributed by atoms with Crippen molar-refractivity contribution in [1.29, 1.82) is 0 Å². The van der Waals surface area contributed by atoms with E-state index in [1.807, 2.05) is 19.0 Å². The van der Waals surface area contributed by atoms with Crippen molar-refractivity contribution in [3.63, 3.8) is 0 Å². The van der Waals surface area contributed by atoms with Crippen molar-refractivity contribution >= 4 is 17.5 Å². The molecule has 1 saturated heterocycles. The van der Waals surface area contributed by atoms with E-state index >= 15 is 0 Å². The molecule has 7 atom stereocenters. The summed E-state index contributed by atoms with van der Waals surface area (Å²) in [6, 6.07) is 0. The number of ketones is 2. The highest BCUT2D eigenvalue weighted by molar-refractivity contribution is 6.08. The van der Waals surface area contributed by atoms with Gasteiger partial charge in [0.05, 0.1) is 11.7 Å². The van der Waals surface area contributed by atoms with Gasteiger partial charge in [0.15, 0.2) is 17.2 Å². The fourth-order valence-electron chi connectivity index (χ4n) is 7.40. The summed E-state index contributed by atoms with van der Waals surface area (Å²) in [6.45, 7) is 2.02. The van der Waals surface area contributed by atoms with E-state index in [0.717, 1.165) is 18.7 Å². The average Bonchev–Trinajstić information content (AvgIpc) is 3.30. The molecular formula is C27H37N3O8. The van der Waals surface area contributed by atoms with Gasteiger partial charge in [0.1, 0.15) is 17.4 Å². The lowest BCUT2D eigenvalue weighted by Crippen LogP contribution is -2.63. The summed E-state index contributed by atoms with van der Waals surface area (Å²) in [5.74, 6) is -7.00. The molecule has 1 aliphatic heterocycles. The first-order valence-corrected chi connectivity index (χ1v) is 13.3. The molecule has 2 fully saturated rings. The number of allylic oxidation sites excluding steroid dienone is 4. The van der Waals surface area contributed by atoms with Gasteiger partial charge in [-0.1, -0.05) is 0 Å². The number of rotatable bonds is 5. The number of primary amides is 1. The highest BCUT2D eigenvalue weighted by atomic mass is 16.4. The minimum absolute atomic E-state index is 0.0518. The first-order valence-electron chi connectivity index (χ1n) is 13.3. The molecule has 5 rings (SSSR count). The molecule has 1 heterocycles. The summed E-state index contributed by atoms with van der Waals surface area (Å²) in [6.07, 6.45) is 0.321. The van der Waals surface area contributed by atoms with E-state index in [9.17, 15) is 39.9 Å². The highest BCUT2D eigenvalue weighted by Gasteiger charge is 2.62. The quantitative estimate of drug-likeness (QED) is 0.254. The minimum Gasteiger partial charge on any atom is -0.508 e. The molecule has 0 aromatic heterocycles. The Morgan fingerprint density at radius 1 is 1.18 bits per heavy atom. The van der Waals surface area contributed by atoms with E-state index in [2.05, 4.69) is 4.90 Å². The predicted molar refractivity (Wildman–Crippen MR) is 134 cm³/mol. The molecule has 1 saturated carbocycles. The largest absolute Gasteiger partial charge is 0.508 e. The molecule has 11 heteroatoms. The van der Waals surface area contributed by atoms with Gasteiger partial charge in [-0.05, 0) is 56.1 Å². The van der Waals surface area contributed by atoms with Crippen LogP contribution in [0.1, 0.15) is 32.1 Å². The Morgan fingerprint density at radius 2 is 1.89 bits per heavy atom. The second-order valence-electron chi connectivity index (χ2n) is 11.8. The topological polar surface area (TPSA) is 185 Å². The Bertz CT molecular complexity index is 1170. The van der Waals surface area contributed by atoms with Crippen LogP contribution in [0.25, 0.3) is 0 Å². The number of amides is 1. The molecule has 7 N–H and O–H groups in total. The highest BCUT2D eigenvalue weighted by Crippen LogP contribution is 2.55. The van der Waals surface area contributed by atoms with Gasteiger partial charge in [-0.3, -0.25) is 14.4 Å². The molecule has 5 aliphatic rings. The van der Waals surface area contributed by atoms with Gasteiger partial charge in [0, 0.05) is 56.9 Å². The third kappa shape index (κ3) is 3.90. The van der Waals surface area contributed by atoms with Crippen molar-refractivity contribution < 1.29 is 39.9 Å². The van der Waals surface area contributed by atoms with Crippen LogP contribution in [-0.2, 0) is 14.4 Å². The summed E-state index contributed by atoms with van der Waals surface area (Å²) in [7, 11) is 3.76. The number of hydrogen-bond acceptors (Lipinski definition) is 10. The smallest absolute Gasteiger partial charge is 0.230 e. The number of likely N-dealkylation sites (tertiary alicyclic amines) is 1. The summed E-state index contributed by atoms with van der Waals surface area (Å²) >= 11 is 0. The van der Waals surface area contributed by atoms with Crippen LogP contribution in [0.3, 0.4) is 0 Å². The number of hydrogen-bond donors (Lipinski definition) is 6. The maximum absolute atomic E-state index is 13.8. The van der Waals surface area contributed by atoms with Crippen LogP contribution in [0.2, 0.25) is 0 Å². The van der Waals surface area contributed by atoms with Gasteiger partial charge in [-0.25, -0.2) is 0 Å². The van der Waals surface area contributed by atoms with Gasteiger partial charge in [0.2, 0.25) is 5.91 Å². The lowest BCUT2D eigenvalue weighted by molar-refractivity contribution is -0.167. The standard InChI is InChI=1S/C27H37N3O8/c1-29(2)17-7-14(10-30-4-3-12(9-30)11-31)22(33)20-16(17)6-13-5-15-8-18(32)21(26(28)37)25(36)27(15,38)24(35)19(13)23(20)34/h12-15,18,21,31-32,34-35,38H,3-11H2,1-2H3,(H2,28,37)/t12?,13-,14?,15+,18?,21?,27+/m1/s1. The summed E-state index contributed by atoms with van der Waals surface area (Å²) in [4.78, 5) is 43.0. The normalized spacial score (nSPS) is 37.8.